The molecule has 1 N–H and O–H groups in total. The summed E-state index contributed by atoms with van der Waals surface area (Å²) in [5.41, 5.74) is 3.74. The van der Waals surface area contributed by atoms with E-state index in [1.807, 2.05) is 47.1 Å². The third kappa shape index (κ3) is 3.71. The molecular weight excluding hydrogens is 378 g/mol. The molecule has 0 bridgehead atoms. The monoisotopic (exact) mass is 401 g/mol. The van der Waals surface area contributed by atoms with Crippen LogP contribution in [0.2, 0.25) is 0 Å². The number of ether oxygens (including phenoxy) is 2. The van der Waals surface area contributed by atoms with Crippen LogP contribution < -0.4 is 10.1 Å². The minimum atomic E-state index is 0.224. The maximum atomic E-state index is 6.17. The van der Waals surface area contributed by atoms with Crippen LogP contribution in [-0.4, -0.2) is 39.1 Å². The summed E-state index contributed by atoms with van der Waals surface area (Å²) in [6.45, 7) is 3.59. The lowest BCUT2D eigenvalue weighted by atomic mass is 10.1. The molecule has 2 aromatic carbocycles. The lowest BCUT2D eigenvalue weighted by Crippen LogP contribution is -2.26. The fourth-order valence-corrected chi connectivity index (χ4v) is 3.67. The van der Waals surface area contributed by atoms with Crippen LogP contribution in [-0.2, 0) is 4.74 Å². The van der Waals surface area contributed by atoms with Gasteiger partial charge in [0, 0.05) is 18.5 Å². The topological polar surface area (TPSA) is 74.1 Å². The van der Waals surface area contributed by atoms with E-state index < -0.39 is 0 Å². The van der Waals surface area contributed by atoms with E-state index >= 15 is 0 Å². The van der Waals surface area contributed by atoms with Gasteiger partial charge in [-0.05, 0) is 42.8 Å². The Hall–Kier alpha value is -3.45. The number of hydrogen-bond acceptors (Lipinski definition) is 6. The Morgan fingerprint density at radius 2 is 1.90 bits per heavy atom. The average Bonchev–Trinajstić information content (AvgIpc) is 3.22. The van der Waals surface area contributed by atoms with Crippen LogP contribution in [0, 0.1) is 6.92 Å². The van der Waals surface area contributed by atoms with Crippen LogP contribution in [0.5, 0.6) is 5.75 Å². The van der Waals surface area contributed by atoms with E-state index in [1.165, 1.54) is 0 Å². The molecule has 1 saturated heterocycles. The molecule has 0 aliphatic carbocycles. The van der Waals surface area contributed by atoms with Gasteiger partial charge in [0.15, 0.2) is 5.65 Å². The van der Waals surface area contributed by atoms with E-state index in [0.717, 1.165) is 65.6 Å². The maximum absolute atomic E-state index is 6.17. The number of nitrogens with zero attached hydrogens (tertiary/aromatic N) is 4. The summed E-state index contributed by atoms with van der Waals surface area (Å²) in [6.07, 6.45) is 5.44. The molecule has 5 rings (SSSR count). The smallest absolute Gasteiger partial charge is 0.168 e. The van der Waals surface area contributed by atoms with E-state index in [0.29, 0.717) is 0 Å². The van der Waals surface area contributed by atoms with Crippen LogP contribution in [0.3, 0.4) is 0 Å². The first-order chi connectivity index (χ1) is 14.8. The van der Waals surface area contributed by atoms with Gasteiger partial charge in [-0.25, -0.2) is 14.6 Å². The fraction of sp³-hybridized carbons (Fsp3) is 0.261. The molecule has 1 aliphatic heterocycles. The van der Waals surface area contributed by atoms with Crippen molar-refractivity contribution in [2.24, 2.45) is 0 Å². The van der Waals surface area contributed by atoms with Crippen molar-refractivity contribution in [3.8, 4) is 11.4 Å². The summed E-state index contributed by atoms with van der Waals surface area (Å²) in [5, 5.41) is 8.77. The van der Waals surface area contributed by atoms with Gasteiger partial charge in [-0.1, -0.05) is 18.2 Å². The Balaban J connectivity index is 1.39. The lowest BCUT2D eigenvalue weighted by Gasteiger charge is -2.24. The molecule has 0 saturated carbocycles. The minimum absolute atomic E-state index is 0.224. The van der Waals surface area contributed by atoms with Crippen molar-refractivity contribution in [2.75, 3.05) is 18.5 Å². The molecule has 2 aromatic heterocycles. The number of fused-ring (bicyclic) bond motifs is 1. The van der Waals surface area contributed by atoms with E-state index in [2.05, 4.69) is 33.4 Å². The SMILES string of the molecule is Cc1cc(Nc2ncnc3c2cnn3-c2ccccc2)ccc1OC1CCOCC1. The Morgan fingerprint density at radius 3 is 2.70 bits per heavy atom. The number of benzene rings is 2. The molecule has 1 fully saturated rings. The average molecular weight is 401 g/mol. The highest BCUT2D eigenvalue weighted by atomic mass is 16.5. The molecule has 0 radical (unpaired) electrons. The highest BCUT2D eigenvalue weighted by molar-refractivity contribution is 5.89. The summed E-state index contributed by atoms with van der Waals surface area (Å²) in [6, 6.07) is 16.0. The summed E-state index contributed by atoms with van der Waals surface area (Å²) in [5.74, 6) is 1.64. The summed E-state index contributed by atoms with van der Waals surface area (Å²) in [4.78, 5) is 8.87. The van der Waals surface area contributed by atoms with Gasteiger partial charge in [-0.15, -0.1) is 0 Å². The van der Waals surface area contributed by atoms with Crippen molar-refractivity contribution in [1.82, 2.24) is 19.7 Å². The van der Waals surface area contributed by atoms with Crippen LogP contribution in [0.25, 0.3) is 16.7 Å². The predicted octanol–water partition coefficient (Wildman–Crippen LogP) is 4.43. The summed E-state index contributed by atoms with van der Waals surface area (Å²) < 4.78 is 13.4. The molecule has 0 atom stereocenters. The van der Waals surface area contributed by atoms with Gasteiger partial charge in [0.05, 0.1) is 30.5 Å². The highest BCUT2D eigenvalue weighted by Crippen LogP contribution is 2.29. The van der Waals surface area contributed by atoms with Gasteiger partial charge in [-0.3, -0.25) is 0 Å². The zero-order chi connectivity index (χ0) is 20.3. The Labute approximate surface area is 174 Å². The minimum Gasteiger partial charge on any atom is -0.490 e. The van der Waals surface area contributed by atoms with Gasteiger partial charge < -0.3 is 14.8 Å². The first-order valence-corrected chi connectivity index (χ1v) is 10.1. The van der Waals surface area contributed by atoms with Crippen molar-refractivity contribution in [1.29, 1.82) is 0 Å². The van der Waals surface area contributed by atoms with Crippen molar-refractivity contribution < 1.29 is 9.47 Å². The van der Waals surface area contributed by atoms with Crippen molar-refractivity contribution in [2.45, 2.75) is 25.9 Å². The molecule has 152 valence electrons. The Bertz CT molecular complexity index is 1150. The maximum Gasteiger partial charge on any atom is 0.168 e. The third-order valence-electron chi connectivity index (χ3n) is 5.27. The van der Waals surface area contributed by atoms with Gasteiger partial charge in [0.1, 0.15) is 24.0 Å². The van der Waals surface area contributed by atoms with Crippen LogP contribution in [0.15, 0.2) is 61.1 Å². The van der Waals surface area contributed by atoms with E-state index in [4.69, 9.17) is 9.47 Å². The zero-order valence-electron chi connectivity index (χ0n) is 16.8. The van der Waals surface area contributed by atoms with Gasteiger partial charge in [0.25, 0.3) is 0 Å². The quantitative estimate of drug-likeness (QED) is 0.533. The molecular formula is C23H23N5O2. The number of rotatable bonds is 5. The third-order valence-corrected chi connectivity index (χ3v) is 5.27. The molecule has 3 heterocycles. The largest absolute Gasteiger partial charge is 0.490 e. The predicted molar refractivity (Wildman–Crippen MR) is 116 cm³/mol. The summed E-state index contributed by atoms with van der Waals surface area (Å²) in [7, 11) is 0. The Morgan fingerprint density at radius 1 is 1.07 bits per heavy atom. The first kappa shape index (κ1) is 18.6. The molecule has 7 nitrogen and oxygen atoms in total. The van der Waals surface area contributed by atoms with Crippen molar-refractivity contribution in [3.05, 3.63) is 66.6 Å². The number of aryl methyl sites for hydroxylation is 1. The normalized spacial score (nSPS) is 14.7. The fourth-order valence-electron chi connectivity index (χ4n) is 3.67. The second-order valence-corrected chi connectivity index (χ2v) is 7.39. The molecule has 1 aliphatic rings. The number of nitrogens with one attached hydrogen (secondary N) is 1. The molecule has 0 amide bonds. The Kier molecular flexibility index (Phi) is 5.03. The number of hydrogen-bond donors (Lipinski definition) is 1. The van der Waals surface area contributed by atoms with E-state index in [1.54, 1.807) is 12.5 Å². The van der Waals surface area contributed by atoms with Gasteiger partial charge in [0.2, 0.25) is 0 Å². The molecule has 4 aromatic rings. The lowest BCUT2D eigenvalue weighted by molar-refractivity contribution is 0.0253. The van der Waals surface area contributed by atoms with Crippen LogP contribution >= 0.6 is 0 Å². The summed E-state index contributed by atoms with van der Waals surface area (Å²) >= 11 is 0. The van der Waals surface area contributed by atoms with Gasteiger partial charge >= 0.3 is 0 Å². The second-order valence-electron chi connectivity index (χ2n) is 7.39. The van der Waals surface area contributed by atoms with Gasteiger partial charge in [-0.2, -0.15) is 5.10 Å². The number of aromatic nitrogens is 4. The second kappa shape index (κ2) is 8.12. The molecule has 0 spiro atoms. The first-order valence-electron chi connectivity index (χ1n) is 10.1. The number of anilines is 2. The zero-order valence-corrected chi connectivity index (χ0v) is 16.8. The number of para-hydroxylation sites is 1. The van der Waals surface area contributed by atoms with Crippen LogP contribution in [0.1, 0.15) is 18.4 Å². The highest BCUT2D eigenvalue weighted by Gasteiger charge is 2.17. The molecule has 7 heteroatoms. The van der Waals surface area contributed by atoms with Crippen LogP contribution in [0.4, 0.5) is 11.5 Å². The van der Waals surface area contributed by atoms with E-state index in [-0.39, 0.29) is 6.10 Å². The molecule has 30 heavy (non-hydrogen) atoms. The molecule has 0 unspecified atom stereocenters. The van der Waals surface area contributed by atoms with E-state index in [9.17, 15) is 0 Å². The van der Waals surface area contributed by atoms with Crippen molar-refractivity contribution in [3.63, 3.8) is 0 Å². The van der Waals surface area contributed by atoms with Crippen molar-refractivity contribution >= 4 is 22.5 Å². The standard InChI is InChI=1S/C23H23N5O2/c1-16-13-17(7-8-21(16)30-19-9-11-29-12-10-19)27-22-20-14-26-28(23(20)25-15-24-22)18-5-3-2-4-6-18/h2-8,13-15,19H,9-12H2,1H3,(H,24,25,27).